The molecule has 0 heterocycles. The second-order valence-electron chi connectivity index (χ2n) is 5.66. The summed E-state index contributed by atoms with van der Waals surface area (Å²) in [5, 5.41) is 0. The number of rotatable bonds is 4. The standard InChI is InChI=1S/C16H23NOSi/c1-5-6-12-17(13-14-19(2,3)4)16(18)15-10-8-7-9-11-15/h7-11H,5-6,12H2,1-4H3. The van der Waals surface area contributed by atoms with Crippen LogP contribution in [0.25, 0.3) is 0 Å². The van der Waals surface area contributed by atoms with E-state index in [-0.39, 0.29) is 5.91 Å². The number of amides is 1. The van der Waals surface area contributed by atoms with Gasteiger partial charge in [0.25, 0.3) is 5.91 Å². The Morgan fingerprint density at radius 1 is 1.21 bits per heavy atom. The molecule has 2 nitrogen and oxygen atoms in total. The van der Waals surface area contributed by atoms with Gasteiger partial charge in [-0.3, -0.25) is 9.69 Å². The molecule has 0 N–H and O–H groups in total. The zero-order chi connectivity index (χ0) is 14.3. The Hall–Kier alpha value is -1.53. The maximum atomic E-state index is 12.4. The van der Waals surface area contributed by atoms with Crippen LogP contribution >= 0.6 is 0 Å². The van der Waals surface area contributed by atoms with Crippen molar-refractivity contribution in [2.24, 2.45) is 0 Å². The first-order valence-corrected chi connectivity index (χ1v) is 10.3. The van der Waals surface area contributed by atoms with Crippen LogP contribution in [-0.4, -0.2) is 25.4 Å². The summed E-state index contributed by atoms with van der Waals surface area (Å²) in [4.78, 5) is 14.1. The summed E-state index contributed by atoms with van der Waals surface area (Å²) in [6.07, 6.45) is 2.05. The highest BCUT2D eigenvalue weighted by atomic mass is 28.3. The largest absolute Gasteiger partial charge is 0.268 e. The number of carbonyl (C=O) groups is 1. The SMILES string of the molecule is CCCCN(C#C[Si](C)(C)C)C(=O)c1ccccc1. The smallest absolute Gasteiger partial charge is 0.265 e. The Labute approximate surface area is 117 Å². The van der Waals surface area contributed by atoms with Crippen LogP contribution in [0, 0.1) is 11.6 Å². The van der Waals surface area contributed by atoms with Gasteiger partial charge in [-0.15, -0.1) is 5.54 Å². The van der Waals surface area contributed by atoms with E-state index in [0.29, 0.717) is 12.1 Å². The minimum atomic E-state index is -1.46. The van der Waals surface area contributed by atoms with Gasteiger partial charge in [0, 0.05) is 18.2 Å². The minimum Gasteiger partial charge on any atom is -0.268 e. The third-order valence-corrected chi connectivity index (χ3v) is 3.43. The molecule has 102 valence electrons. The number of nitrogens with zero attached hydrogens (tertiary/aromatic N) is 1. The molecule has 19 heavy (non-hydrogen) atoms. The maximum Gasteiger partial charge on any atom is 0.265 e. The second-order valence-corrected chi connectivity index (χ2v) is 10.4. The van der Waals surface area contributed by atoms with E-state index in [9.17, 15) is 4.79 Å². The first kappa shape index (κ1) is 15.5. The summed E-state index contributed by atoms with van der Waals surface area (Å²) in [6, 6.07) is 12.5. The predicted molar refractivity (Wildman–Crippen MR) is 83.5 cm³/mol. The third kappa shape index (κ3) is 5.76. The highest BCUT2D eigenvalue weighted by Crippen LogP contribution is 2.06. The molecule has 1 amide bonds. The Morgan fingerprint density at radius 2 is 1.84 bits per heavy atom. The lowest BCUT2D eigenvalue weighted by Crippen LogP contribution is -2.29. The van der Waals surface area contributed by atoms with E-state index in [1.807, 2.05) is 30.3 Å². The van der Waals surface area contributed by atoms with Gasteiger partial charge in [0.05, 0.1) is 0 Å². The molecular weight excluding hydrogens is 250 g/mol. The van der Waals surface area contributed by atoms with Gasteiger partial charge in [-0.2, -0.15) is 0 Å². The molecule has 0 aliphatic carbocycles. The van der Waals surface area contributed by atoms with Gasteiger partial charge < -0.3 is 0 Å². The van der Waals surface area contributed by atoms with E-state index in [2.05, 4.69) is 38.2 Å². The van der Waals surface area contributed by atoms with Crippen molar-refractivity contribution in [1.29, 1.82) is 0 Å². The fourth-order valence-corrected chi connectivity index (χ4v) is 1.97. The molecular formula is C16H23NOSi. The van der Waals surface area contributed by atoms with E-state index < -0.39 is 8.07 Å². The Balaban J connectivity index is 2.90. The fourth-order valence-electron chi connectivity index (χ4n) is 1.50. The lowest BCUT2D eigenvalue weighted by Gasteiger charge is -2.16. The van der Waals surface area contributed by atoms with E-state index in [0.717, 1.165) is 12.8 Å². The van der Waals surface area contributed by atoms with Crippen LogP contribution < -0.4 is 0 Å². The van der Waals surface area contributed by atoms with Gasteiger partial charge in [-0.1, -0.05) is 51.2 Å². The van der Waals surface area contributed by atoms with Gasteiger partial charge in [0.15, 0.2) is 0 Å². The zero-order valence-electron chi connectivity index (χ0n) is 12.4. The van der Waals surface area contributed by atoms with Crippen molar-refractivity contribution in [1.82, 2.24) is 4.90 Å². The van der Waals surface area contributed by atoms with Crippen LogP contribution in [0.5, 0.6) is 0 Å². The molecule has 0 unspecified atom stereocenters. The van der Waals surface area contributed by atoms with Crippen molar-refractivity contribution < 1.29 is 4.79 Å². The molecule has 0 aliphatic rings. The normalized spacial score (nSPS) is 10.5. The quantitative estimate of drug-likeness (QED) is 0.464. The number of carbonyl (C=O) groups excluding carboxylic acids is 1. The van der Waals surface area contributed by atoms with E-state index in [1.54, 1.807) is 4.90 Å². The monoisotopic (exact) mass is 273 g/mol. The fraction of sp³-hybridized carbons (Fsp3) is 0.438. The predicted octanol–water partition coefficient (Wildman–Crippen LogP) is 3.77. The molecule has 0 spiro atoms. The average Bonchev–Trinajstić information content (AvgIpc) is 2.38. The second kappa shape index (κ2) is 7.15. The van der Waals surface area contributed by atoms with Crippen molar-refractivity contribution in [2.75, 3.05) is 6.54 Å². The van der Waals surface area contributed by atoms with E-state index in [1.165, 1.54) is 0 Å². The van der Waals surface area contributed by atoms with Crippen molar-refractivity contribution >= 4 is 14.0 Å². The van der Waals surface area contributed by atoms with Crippen molar-refractivity contribution in [3.05, 3.63) is 35.9 Å². The highest BCUT2D eigenvalue weighted by molar-refractivity contribution is 6.83. The summed E-state index contributed by atoms with van der Waals surface area (Å²) >= 11 is 0. The van der Waals surface area contributed by atoms with Gasteiger partial charge in [-0.25, -0.2) is 0 Å². The van der Waals surface area contributed by atoms with E-state index in [4.69, 9.17) is 0 Å². The van der Waals surface area contributed by atoms with E-state index >= 15 is 0 Å². The lowest BCUT2D eigenvalue weighted by molar-refractivity contribution is 0.0833. The van der Waals surface area contributed by atoms with Crippen LogP contribution in [0.15, 0.2) is 30.3 Å². The molecule has 0 fully saturated rings. The van der Waals surface area contributed by atoms with Crippen LogP contribution in [-0.2, 0) is 0 Å². The number of benzene rings is 1. The average molecular weight is 273 g/mol. The molecule has 0 radical (unpaired) electrons. The zero-order valence-corrected chi connectivity index (χ0v) is 13.4. The van der Waals surface area contributed by atoms with Gasteiger partial charge in [0.1, 0.15) is 8.07 Å². The van der Waals surface area contributed by atoms with Gasteiger partial charge in [-0.05, 0) is 18.6 Å². The van der Waals surface area contributed by atoms with Crippen LogP contribution in [0.2, 0.25) is 19.6 Å². The number of hydrogen-bond donors (Lipinski definition) is 0. The van der Waals surface area contributed by atoms with Crippen molar-refractivity contribution in [3.8, 4) is 11.6 Å². The Kier molecular flexibility index (Phi) is 5.84. The third-order valence-electron chi connectivity index (χ3n) is 2.57. The Bertz CT molecular complexity index is 465. The molecule has 3 heteroatoms. The molecule has 1 aromatic carbocycles. The minimum absolute atomic E-state index is 0.0137. The van der Waals surface area contributed by atoms with Crippen LogP contribution in [0.1, 0.15) is 30.1 Å². The van der Waals surface area contributed by atoms with Gasteiger partial charge in [0.2, 0.25) is 0 Å². The summed E-state index contributed by atoms with van der Waals surface area (Å²) in [5.41, 5.74) is 3.99. The van der Waals surface area contributed by atoms with Crippen molar-refractivity contribution in [3.63, 3.8) is 0 Å². The summed E-state index contributed by atoms with van der Waals surface area (Å²) in [7, 11) is -1.46. The first-order chi connectivity index (χ1) is 8.94. The molecule has 0 saturated carbocycles. The molecule has 0 atom stereocenters. The topological polar surface area (TPSA) is 20.3 Å². The van der Waals surface area contributed by atoms with Crippen LogP contribution in [0.3, 0.4) is 0 Å². The molecule has 0 bridgehead atoms. The lowest BCUT2D eigenvalue weighted by atomic mass is 10.2. The summed E-state index contributed by atoms with van der Waals surface area (Å²) in [6.45, 7) is 9.39. The maximum absolute atomic E-state index is 12.4. The highest BCUT2D eigenvalue weighted by Gasteiger charge is 2.14. The molecule has 0 aromatic heterocycles. The summed E-state index contributed by atoms with van der Waals surface area (Å²) < 4.78 is 0. The van der Waals surface area contributed by atoms with Crippen molar-refractivity contribution in [2.45, 2.75) is 39.4 Å². The molecule has 0 saturated heterocycles. The number of hydrogen-bond acceptors (Lipinski definition) is 1. The van der Waals surface area contributed by atoms with Gasteiger partial charge >= 0.3 is 0 Å². The Morgan fingerprint density at radius 3 is 2.37 bits per heavy atom. The number of unbranched alkanes of at least 4 members (excludes halogenated alkanes) is 1. The molecule has 0 aliphatic heterocycles. The first-order valence-electron chi connectivity index (χ1n) is 6.84. The van der Waals surface area contributed by atoms with Crippen LogP contribution in [0.4, 0.5) is 0 Å². The molecule has 1 aromatic rings. The molecule has 1 rings (SSSR count). The summed E-state index contributed by atoms with van der Waals surface area (Å²) in [5.74, 6) is 0.0137.